The molecule has 1 aliphatic heterocycles. The molecule has 1 aliphatic rings. The zero-order valence-corrected chi connectivity index (χ0v) is 18.5. The summed E-state index contributed by atoms with van der Waals surface area (Å²) in [5.41, 5.74) is 2.34. The summed E-state index contributed by atoms with van der Waals surface area (Å²) < 4.78 is 8.90. The van der Waals surface area contributed by atoms with Crippen LogP contribution in [0.2, 0.25) is 0 Å². The van der Waals surface area contributed by atoms with Gasteiger partial charge in [-0.15, -0.1) is 0 Å². The lowest BCUT2D eigenvalue weighted by Crippen LogP contribution is -2.39. The smallest absolute Gasteiger partial charge is 0.410 e. The van der Waals surface area contributed by atoms with Crippen molar-refractivity contribution in [3.8, 4) is 5.13 Å². The van der Waals surface area contributed by atoms with Crippen LogP contribution in [0.5, 0.6) is 0 Å². The van der Waals surface area contributed by atoms with E-state index in [2.05, 4.69) is 4.98 Å². The first kappa shape index (κ1) is 20.4. The van der Waals surface area contributed by atoms with Gasteiger partial charge in [0.1, 0.15) is 5.60 Å². The van der Waals surface area contributed by atoms with Gasteiger partial charge in [0.05, 0.1) is 15.9 Å². The van der Waals surface area contributed by atoms with Crippen molar-refractivity contribution in [2.24, 2.45) is 0 Å². The summed E-state index contributed by atoms with van der Waals surface area (Å²) in [7, 11) is 0. The van der Waals surface area contributed by atoms with Gasteiger partial charge >= 0.3 is 11.8 Å². The van der Waals surface area contributed by atoms with Gasteiger partial charge in [0.25, 0.3) is 0 Å². The molecular formula is C22H26N4O3S. The molecule has 1 aromatic carbocycles. The molecule has 0 N–H and O–H groups in total. The normalized spacial score (nSPS) is 14.8. The van der Waals surface area contributed by atoms with E-state index in [1.807, 2.05) is 64.2 Å². The second-order valence-electron chi connectivity index (χ2n) is 8.26. The number of carbonyl (C=O) groups is 1. The van der Waals surface area contributed by atoms with Gasteiger partial charge in [-0.2, -0.15) is 0 Å². The maximum absolute atomic E-state index is 13.0. The number of ether oxygens (including phenoxy) is 1. The van der Waals surface area contributed by atoms with E-state index >= 15 is 0 Å². The van der Waals surface area contributed by atoms with Gasteiger partial charge in [-0.25, -0.2) is 19.1 Å². The van der Waals surface area contributed by atoms with Crippen LogP contribution in [-0.2, 0) is 11.3 Å². The molecule has 2 aromatic heterocycles. The van der Waals surface area contributed by atoms with Gasteiger partial charge in [-0.3, -0.25) is 4.57 Å². The Morgan fingerprint density at radius 2 is 1.97 bits per heavy atom. The summed E-state index contributed by atoms with van der Waals surface area (Å²) in [5, 5.41) is 0.661. The van der Waals surface area contributed by atoms with Crippen molar-refractivity contribution < 1.29 is 9.53 Å². The number of imidazole rings is 1. The molecule has 3 aromatic rings. The van der Waals surface area contributed by atoms with Crippen molar-refractivity contribution in [2.45, 2.75) is 46.3 Å². The number of aromatic nitrogens is 3. The Labute approximate surface area is 179 Å². The Kier molecular flexibility index (Phi) is 5.27. The molecule has 0 saturated heterocycles. The number of amides is 1. The topological polar surface area (TPSA) is 69.4 Å². The van der Waals surface area contributed by atoms with E-state index in [0.29, 0.717) is 24.8 Å². The number of para-hydroxylation sites is 2. The average Bonchev–Trinajstić information content (AvgIpc) is 3.28. The molecule has 0 atom stereocenters. The number of thiazole rings is 1. The minimum atomic E-state index is -0.501. The Morgan fingerprint density at radius 3 is 2.60 bits per heavy atom. The molecule has 0 unspecified atom stereocenters. The minimum Gasteiger partial charge on any atom is -0.444 e. The number of rotatable bonds is 3. The summed E-state index contributed by atoms with van der Waals surface area (Å²) in [6.45, 7) is 9.28. The van der Waals surface area contributed by atoms with Crippen molar-refractivity contribution in [3.05, 3.63) is 51.9 Å². The van der Waals surface area contributed by atoms with Crippen LogP contribution in [0.4, 0.5) is 4.79 Å². The Balaban J connectivity index is 1.59. The van der Waals surface area contributed by atoms with Crippen LogP contribution in [0.25, 0.3) is 21.7 Å². The number of hydrogen-bond donors (Lipinski definition) is 0. The van der Waals surface area contributed by atoms with E-state index in [0.717, 1.165) is 27.9 Å². The molecule has 7 nitrogen and oxygen atoms in total. The predicted molar refractivity (Wildman–Crippen MR) is 119 cm³/mol. The van der Waals surface area contributed by atoms with E-state index in [1.165, 1.54) is 11.3 Å². The summed E-state index contributed by atoms with van der Waals surface area (Å²) in [5.74, 6) is 0. The van der Waals surface area contributed by atoms with Crippen LogP contribution < -0.4 is 5.69 Å². The number of benzene rings is 1. The molecule has 158 valence electrons. The van der Waals surface area contributed by atoms with E-state index < -0.39 is 5.60 Å². The van der Waals surface area contributed by atoms with Gasteiger partial charge in [-0.1, -0.05) is 29.5 Å². The van der Waals surface area contributed by atoms with E-state index in [1.54, 1.807) is 14.0 Å². The van der Waals surface area contributed by atoms with E-state index in [9.17, 15) is 9.59 Å². The molecule has 1 amide bonds. The Bertz CT molecular complexity index is 1180. The first-order valence-corrected chi connectivity index (χ1v) is 10.9. The number of nitrogens with zero attached hydrogens (tertiary/aromatic N) is 4. The predicted octanol–water partition coefficient (Wildman–Crippen LogP) is 4.29. The van der Waals surface area contributed by atoms with Crippen LogP contribution in [-0.4, -0.2) is 43.8 Å². The third kappa shape index (κ3) is 3.79. The molecule has 4 rings (SSSR count). The monoisotopic (exact) mass is 426 g/mol. The highest BCUT2D eigenvalue weighted by Gasteiger charge is 2.25. The third-order valence-corrected chi connectivity index (χ3v) is 6.07. The molecule has 3 heterocycles. The second-order valence-corrected chi connectivity index (χ2v) is 9.27. The zero-order chi connectivity index (χ0) is 21.5. The summed E-state index contributed by atoms with van der Waals surface area (Å²) in [6, 6.07) is 7.78. The summed E-state index contributed by atoms with van der Waals surface area (Å²) in [6.07, 6.45) is 4.30. The van der Waals surface area contributed by atoms with Crippen LogP contribution >= 0.6 is 11.3 Å². The second kappa shape index (κ2) is 7.75. The summed E-state index contributed by atoms with van der Waals surface area (Å²) in [4.78, 5) is 32.5. The fourth-order valence-corrected chi connectivity index (χ4v) is 4.59. The first-order valence-electron chi connectivity index (χ1n) is 10.1. The van der Waals surface area contributed by atoms with Gasteiger partial charge in [0, 0.05) is 25.8 Å². The van der Waals surface area contributed by atoms with Gasteiger partial charge in [0.2, 0.25) is 0 Å². The maximum atomic E-state index is 13.0. The van der Waals surface area contributed by atoms with Crippen molar-refractivity contribution in [1.82, 2.24) is 19.0 Å². The fourth-order valence-electron chi connectivity index (χ4n) is 3.60. The zero-order valence-electron chi connectivity index (χ0n) is 17.7. The molecule has 0 spiro atoms. The largest absolute Gasteiger partial charge is 0.444 e. The quantitative estimate of drug-likeness (QED) is 0.626. The van der Waals surface area contributed by atoms with Crippen molar-refractivity contribution in [1.29, 1.82) is 0 Å². The highest BCUT2D eigenvalue weighted by atomic mass is 32.1. The molecule has 0 aliphatic carbocycles. The Morgan fingerprint density at radius 1 is 1.23 bits per heavy atom. The number of fused-ring (bicyclic) bond motifs is 1. The molecule has 0 saturated carbocycles. The van der Waals surface area contributed by atoms with Crippen molar-refractivity contribution in [3.63, 3.8) is 0 Å². The molecular weight excluding hydrogens is 400 g/mol. The molecule has 30 heavy (non-hydrogen) atoms. The number of carbonyl (C=O) groups excluding carboxylic acids is 1. The average molecular weight is 427 g/mol. The van der Waals surface area contributed by atoms with Crippen LogP contribution in [0.3, 0.4) is 0 Å². The van der Waals surface area contributed by atoms with E-state index in [4.69, 9.17) is 4.74 Å². The molecule has 0 radical (unpaired) electrons. The number of aryl methyl sites for hydroxylation is 1. The van der Waals surface area contributed by atoms with Crippen LogP contribution in [0.1, 0.15) is 39.0 Å². The highest BCUT2D eigenvalue weighted by molar-refractivity contribution is 7.15. The van der Waals surface area contributed by atoms with Crippen molar-refractivity contribution in [2.75, 3.05) is 13.1 Å². The number of hydrogen-bond acceptors (Lipinski definition) is 5. The highest BCUT2D eigenvalue weighted by Crippen LogP contribution is 2.30. The SMILES string of the molecule is CCn1c(=O)n(-c2ncc(C3=CCN(C(=O)OC(C)(C)C)CC3)s2)c2ccccc21. The van der Waals surface area contributed by atoms with E-state index in [-0.39, 0.29) is 11.8 Å². The lowest BCUT2D eigenvalue weighted by molar-refractivity contribution is 0.0270. The third-order valence-electron chi connectivity index (χ3n) is 5.01. The summed E-state index contributed by atoms with van der Waals surface area (Å²) >= 11 is 1.50. The Hall–Kier alpha value is -2.87. The lowest BCUT2D eigenvalue weighted by Gasteiger charge is -2.29. The van der Waals surface area contributed by atoms with Gasteiger partial charge in [0.15, 0.2) is 5.13 Å². The standard InChI is InChI=1S/C22H26N4O3S/c1-5-25-16-8-6-7-9-17(16)26(20(25)27)19-23-14-18(30-19)15-10-12-24(13-11-15)21(28)29-22(2,3)4/h6-10,14H,5,11-13H2,1-4H3. The fraction of sp³-hybridized carbons (Fsp3) is 0.409. The molecule has 0 bridgehead atoms. The van der Waals surface area contributed by atoms with Crippen molar-refractivity contribution >= 4 is 34.0 Å². The van der Waals surface area contributed by atoms with Crippen LogP contribution in [0, 0.1) is 0 Å². The maximum Gasteiger partial charge on any atom is 0.410 e. The molecule has 8 heteroatoms. The van der Waals surface area contributed by atoms with Gasteiger partial charge < -0.3 is 9.64 Å². The lowest BCUT2D eigenvalue weighted by atomic mass is 10.1. The minimum absolute atomic E-state index is 0.0756. The van der Waals surface area contributed by atoms with Gasteiger partial charge in [-0.05, 0) is 51.8 Å². The van der Waals surface area contributed by atoms with Crippen LogP contribution in [0.15, 0.2) is 41.3 Å². The molecule has 0 fully saturated rings. The first-order chi connectivity index (χ1) is 14.3.